The fourth-order valence-corrected chi connectivity index (χ4v) is 5.16. The molecule has 32 heavy (non-hydrogen) atoms. The van der Waals surface area contributed by atoms with Gasteiger partial charge in [0.2, 0.25) is 15.9 Å². The maximum atomic E-state index is 13.2. The van der Waals surface area contributed by atoms with Crippen molar-refractivity contribution in [3.05, 3.63) is 18.2 Å². The van der Waals surface area contributed by atoms with Gasteiger partial charge in [0.15, 0.2) is 11.5 Å². The van der Waals surface area contributed by atoms with Crippen LogP contribution in [0.5, 0.6) is 11.5 Å². The maximum absolute atomic E-state index is 13.2. The molecule has 1 amide bonds. The van der Waals surface area contributed by atoms with E-state index in [0.717, 1.165) is 0 Å². The molecule has 178 valence electrons. The first kappa shape index (κ1) is 24.3. The van der Waals surface area contributed by atoms with Gasteiger partial charge in [-0.2, -0.15) is 4.72 Å². The molecule has 0 spiro atoms. The van der Waals surface area contributed by atoms with Crippen molar-refractivity contribution in [3.8, 4) is 11.5 Å². The van der Waals surface area contributed by atoms with Crippen LogP contribution in [0.25, 0.3) is 0 Å². The Labute approximate surface area is 189 Å². The van der Waals surface area contributed by atoms with Crippen LogP contribution in [-0.2, 0) is 24.3 Å². The zero-order valence-corrected chi connectivity index (χ0v) is 19.7. The van der Waals surface area contributed by atoms with Crippen molar-refractivity contribution in [3.63, 3.8) is 0 Å². The summed E-state index contributed by atoms with van der Waals surface area (Å²) in [6, 6.07) is 3.52. The summed E-state index contributed by atoms with van der Waals surface area (Å²) in [6.07, 6.45) is 1.72. The van der Waals surface area contributed by atoms with Crippen LogP contribution in [0.3, 0.4) is 0 Å². The minimum Gasteiger partial charge on any atom is -0.490 e. The summed E-state index contributed by atoms with van der Waals surface area (Å²) < 4.78 is 45.0. The second kappa shape index (κ2) is 10.5. The molecule has 1 N–H and O–H groups in total. The molecule has 1 atom stereocenters. The molecule has 2 aliphatic rings. The summed E-state index contributed by atoms with van der Waals surface area (Å²) in [7, 11) is -3.97. The monoisotopic (exact) mass is 468 g/mol. The number of hydrogen-bond donors (Lipinski definition) is 1. The van der Waals surface area contributed by atoms with Gasteiger partial charge in [-0.05, 0) is 37.8 Å². The Morgan fingerprint density at radius 2 is 1.81 bits per heavy atom. The van der Waals surface area contributed by atoms with E-state index >= 15 is 0 Å². The maximum Gasteiger partial charge on any atom is 0.309 e. The third-order valence-electron chi connectivity index (χ3n) is 5.67. The van der Waals surface area contributed by atoms with E-state index in [4.69, 9.17) is 14.2 Å². The Hall–Kier alpha value is -2.33. The van der Waals surface area contributed by atoms with E-state index < -0.39 is 16.1 Å². The van der Waals surface area contributed by atoms with Gasteiger partial charge >= 0.3 is 5.97 Å². The fraction of sp³-hybridized carbons (Fsp3) is 0.636. The number of sulfonamides is 1. The van der Waals surface area contributed by atoms with E-state index in [1.165, 1.54) is 12.1 Å². The van der Waals surface area contributed by atoms with E-state index in [0.29, 0.717) is 63.7 Å². The van der Waals surface area contributed by atoms with Crippen molar-refractivity contribution in [1.82, 2.24) is 9.62 Å². The Balaban J connectivity index is 1.70. The van der Waals surface area contributed by atoms with Crippen LogP contribution in [-0.4, -0.2) is 64.1 Å². The number of benzene rings is 1. The molecule has 1 saturated heterocycles. The number of nitrogens with zero attached hydrogens (tertiary/aromatic N) is 1. The van der Waals surface area contributed by atoms with Crippen molar-refractivity contribution in [2.75, 3.05) is 32.9 Å². The van der Waals surface area contributed by atoms with E-state index in [1.54, 1.807) is 31.7 Å². The fourth-order valence-electron chi connectivity index (χ4n) is 3.81. The van der Waals surface area contributed by atoms with Gasteiger partial charge in [-0.25, -0.2) is 8.42 Å². The molecule has 1 aromatic carbocycles. The van der Waals surface area contributed by atoms with Gasteiger partial charge in [-0.1, -0.05) is 13.8 Å². The van der Waals surface area contributed by atoms with Crippen LogP contribution in [0.1, 0.15) is 40.0 Å². The normalized spacial score (nSPS) is 18.2. The Morgan fingerprint density at radius 3 is 2.44 bits per heavy atom. The lowest BCUT2D eigenvalue weighted by Gasteiger charge is -2.34. The Bertz CT molecular complexity index is 924. The molecule has 1 fully saturated rings. The third kappa shape index (κ3) is 5.72. The number of carbonyl (C=O) groups is 2. The lowest BCUT2D eigenvalue weighted by molar-refractivity contribution is -0.151. The number of amides is 1. The summed E-state index contributed by atoms with van der Waals surface area (Å²) in [5.74, 6) is -0.146. The van der Waals surface area contributed by atoms with Crippen molar-refractivity contribution < 1.29 is 32.2 Å². The highest BCUT2D eigenvalue weighted by molar-refractivity contribution is 7.89. The minimum atomic E-state index is -3.97. The molecule has 3 rings (SSSR count). The van der Waals surface area contributed by atoms with Gasteiger partial charge in [-0.3, -0.25) is 9.59 Å². The summed E-state index contributed by atoms with van der Waals surface area (Å²) in [4.78, 5) is 26.8. The van der Waals surface area contributed by atoms with Crippen LogP contribution in [0.15, 0.2) is 23.1 Å². The van der Waals surface area contributed by atoms with E-state index in [2.05, 4.69) is 4.72 Å². The number of fused-ring (bicyclic) bond motifs is 1. The largest absolute Gasteiger partial charge is 0.490 e. The number of esters is 1. The summed E-state index contributed by atoms with van der Waals surface area (Å²) in [5.41, 5.74) is 0. The average Bonchev–Trinajstić information content (AvgIpc) is 3.02. The van der Waals surface area contributed by atoms with Crippen LogP contribution in [0.2, 0.25) is 0 Å². The Kier molecular flexibility index (Phi) is 8.00. The number of likely N-dealkylation sites (tertiary alicyclic amines) is 1. The number of carbonyl (C=O) groups excluding carboxylic acids is 2. The van der Waals surface area contributed by atoms with E-state index in [1.807, 2.05) is 0 Å². The first-order chi connectivity index (χ1) is 15.2. The highest BCUT2D eigenvalue weighted by Gasteiger charge is 2.35. The van der Waals surface area contributed by atoms with Gasteiger partial charge in [-0.15, -0.1) is 0 Å². The minimum absolute atomic E-state index is 0.0150. The second-order valence-electron chi connectivity index (χ2n) is 8.35. The van der Waals surface area contributed by atoms with Crippen molar-refractivity contribution >= 4 is 21.9 Å². The highest BCUT2D eigenvalue weighted by Crippen LogP contribution is 2.32. The van der Waals surface area contributed by atoms with Crippen LogP contribution in [0, 0.1) is 11.8 Å². The molecular formula is C22H32N2O7S. The number of nitrogens with one attached hydrogen (secondary N) is 1. The summed E-state index contributed by atoms with van der Waals surface area (Å²) in [6.45, 7) is 7.41. The average molecular weight is 469 g/mol. The summed E-state index contributed by atoms with van der Waals surface area (Å²) >= 11 is 0. The molecule has 1 unspecified atom stereocenters. The van der Waals surface area contributed by atoms with E-state index in [9.17, 15) is 18.0 Å². The molecule has 2 heterocycles. The molecule has 1 aromatic rings. The first-order valence-electron chi connectivity index (χ1n) is 11.1. The lowest BCUT2D eigenvalue weighted by Crippen LogP contribution is -2.53. The number of hydrogen-bond acceptors (Lipinski definition) is 7. The zero-order valence-electron chi connectivity index (χ0n) is 18.8. The smallest absolute Gasteiger partial charge is 0.309 e. The van der Waals surface area contributed by atoms with Crippen LogP contribution in [0.4, 0.5) is 0 Å². The van der Waals surface area contributed by atoms with Gasteiger partial charge < -0.3 is 19.1 Å². The second-order valence-corrected chi connectivity index (χ2v) is 10.1. The zero-order chi connectivity index (χ0) is 23.3. The molecule has 10 heteroatoms. The highest BCUT2D eigenvalue weighted by atomic mass is 32.2. The van der Waals surface area contributed by atoms with Crippen molar-refractivity contribution in [2.24, 2.45) is 11.8 Å². The van der Waals surface area contributed by atoms with Crippen LogP contribution >= 0.6 is 0 Å². The molecule has 2 aliphatic heterocycles. The molecule has 0 aliphatic carbocycles. The van der Waals surface area contributed by atoms with Gasteiger partial charge in [0.05, 0.1) is 30.6 Å². The topological polar surface area (TPSA) is 111 Å². The Morgan fingerprint density at radius 1 is 1.16 bits per heavy atom. The van der Waals surface area contributed by atoms with Gasteiger partial charge in [0, 0.05) is 25.6 Å². The molecule has 0 bridgehead atoms. The van der Waals surface area contributed by atoms with E-state index in [-0.39, 0.29) is 28.6 Å². The molecule has 9 nitrogen and oxygen atoms in total. The summed E-state index contributed by atoms with van der Waals surface area (Å²) in [5, 5.41) is 0. The van der Waals surface area contributed by atoms with Gasteiger partial charge in [0.25, 0.3) is 0 Å². The van der Waals surface area contributed by atoms with Crippen LogP contribution < -0.4 is 14.2 Å². The third-order valence-corrected chi connectivity index (χ3v) is 7.11. The lowest BCUT2D eigenvalue weighted by atomic mass is 9.95. The predicted molar refractivity (Wildman–Crippen MR) is 117 cm³/mol. The predicted octanol–water partition coefficient (Wildman–Crippen LogP) is 1.95. The SMILES string of the molecule is CCOC(=O)C1CCN(C(=O)C(NS(=O)(=O)c2ccc3c(c2)OCCCO3)C(C)C)CC1. The molecule has 0 aromatic heterocycles. The number of ether oxygens (including phenoxy) is 3. The molecular weight excluding hydrogens is 436 g/mol. The molecule has 0 saturated carbocycles. The number of rotatable bonds is 7. The van der Waals surface area contributed by atoms with Crippen molar-refractivity contribution in [1.29, 1.82) is 0 Å². The van der Waals surface area contributed by atoms with Crippen molar-refractivity contribution in [2.45, 2.75) is 51.0 Å². The standard InChI is InChI=1S/C22H32N2O7S/c1-4-29-22(26)16-8-10-24(11-9-16)21(25)20(15(2)3)23-32(27,28)17-6-7-18-19(14-17)31-13-5-12-30-18/h6-7,14-16,20,23H,4-5,8-13H2,1-3H3. The first-order valence-corrected chi connectivity index (χ1v) is 12.6. The molecule has 0 radical (unpaired) electrons. The number of piperidine rings is 1. The quantitative estimate of drug-likeness (QED) is 0.609. The van der Waals surface area contributed by atoms with Gasteiger partial charge in [0.1, 0.15) is 6.04 Å².